The van der Waals surface area contributed by atoms with Gasteiger partial charge in [-0.05, 0) is 65.8 Å². The lowest BCUT2D eigenvalue weighted by atomic mass is 9.75. The van der Waals surface area contributed by atoms with E-state index in [9.17, 15) is 4.79 Å². The van der Waals surface area contributed by atoms with Crippen molar-refractivity contribution in [2.45, 2.75) is 37.3 Å². The molecule has 3 aliphatic rings. The number of methoxy groups -OCH3 is 1. The second-order valence-electron chi connectivity index (χ2n) is 9.53. The molecule has 3 aromatic carbocycles. The Hall–Kier alpha value is -3.31. The van der Waals surface area contributed by atoms with Gasteiger partial charge in [-0.1, -0.05) is 42.5 Å². The number of hydrogen-bond donors (Lipinski definition) is 2. The number of benzene rings is 3. The SMILES string of the molecule is COc1ccc2ccccc2c1C1Nc2ccc(C(=O)NCC3CCCO3)cc2C2C=CCC21. The molecule has 5 heteroatoms. The highest BCUT2D eigenvalue weighted by molar-refractivity contribution is 5.95. The molecule has 2 N–H and O–H groups in total. The van der Waals surface area contributed by atoms with Crippen molar-refractivity contribution < 1.29 is 14.3 Å². The van der Waals surface area contributed by atoms with Gasteiger partial charge in [-0.3, -0.25) is 4.79 Å². The molecule has 1 fully saturated rings. The fourth-order valence-electron chi connectivity index (χ4n) is 5.91. The van der Waals surface area contributed by atoms with E-state index in [1.165, 1.54) is 21.9 Å². The van der Waals surface area contributed by atoms with Gasteiger partial charge in [0.15, 0.2) is 0 Å². The number of ether oxygens (including phenoxy) is 2. The smallest absolute Gasteiger partial charge is 0.251 e. The highest BCUT2D eigenvalue weighted by Gasteiger charge is 2.40. The van der Waals surface area contributed by atoms with Crippen LogP contribution in [-0.4, -0.2) is 32.3 Å². The van der Waals surface area contributed by atoms with Gasteiger partial charge in [-0.15, -0.1) is 0 Å². The monoisotopic (exact) mass is 454 g/mol. The van der Waals surface area contributed by atoms with Crippen molar-refractivity contribution in [2.75, 3.05) is 25.6 Å². The summed E-state index contributed by atoms with van der Waals surface area (Å²) in [7, 11) is 1.75. The number of carbonyl (C=O) groups excluding carboxylic acids is 1. The lowest BCUT2D eigenvalue weighted by Crippen LogP contribution is -2.32. The van der Waals surface area contributed by atoms with E-state index in [0.717, 1.165) is 37.3 Å². The topological polar surface area (TPSA) is 59.6 Å². The summed E-state index contributed by atoms with van der Waals surface area (Å²) in [5, 5.41) is 9.32. The first-order chi connectivity index (χ1) is 16.7. The van der Waals surface area contributed by atoms with Gasteiger partial charge in [-0.2, -0.15) is 0 Å². The van der Waals surface area contributed by atoms with E-state index < -0.39 is 0 Å². The number of allylic oxidation sites excluding steroid dienone is 2. The summed E-state index contributed by atoms with van der Waals surface area (Å²) in [6.45, 7) is 1.37. The molecule has 0 aromatic heterocycles. The third-order valence-corrected chi connectivity index (χ3v) is 7.60. The fourth-order valence-corrected chi connectivity index (χ4v) is 5.91. The van der Waals surface area contributed by atoms with Gasteiger partial charge >= 0.3 is 0 Å². The van der Waals surface area contributed by atoms with Crippen LogP contribution < -0.4 is 15.4 Å². The van der Waals surface area contributed by atoms with E-state index in [-0.39, 0.29) is 24.0 Å². The number of amides is 1. The Morgan fingerprint density at radius 1 is 1.18 bits per heavy atom. The van der Waals surface area contributed by atoms with Crippen molar-refractivity contribution >= 4 is 22.4 Å². The Bertz CT molecular complexity index is 1260. The van der Waals surface area contributed by atoms with E-state index in [2.05, 4.69) is 71.3 Å². The second kappa shape index (κ2) is 8.80. The standard InChI is InChI=1S/C29H30N2O3/c1-33-26-14-12-18-6-2-3-8-21(18)27(26)28-23-10-4-9-22(23)24-16-19(11-13-25(24)31-28)29(32)30-17-20-7-5-15-34-20/h2-4,6,8-9,11-14,16,20,22-23,28,31H,5,7,10,15,17H2,1H3,(H,30,32). The van der Waals surface area contributed by atoms with E-state index in [0.29, 0.717) is 18.0 Å². The van der Waals surface area contributed by atoms with Crippen LogP contribution in [0.4, 0.5) is 5.69 Å². The lowest BCUT2D eigenvalue weighted by Gasteiger charge is -2.38. The largest absolute Gasteiger partial charge is 0.496 e. The maximum Gasteiger partial charge on any atom is 0.251 e. The van der Waals surface area contributed by atoms with Crippen LogP contribution in [0.3, 0.4) is 0 Å². The summed E-state index contributed by atoms with van der Waals surface area (Å²) >= 11 is 0. The summed E-state index contributed by atoms with van der Waals surface area (Å²) in [5.41, 5.74) is 4.20. The van der Waals surface area contributed by atoms with E-state index in [1.54, 1.807) is 7.11 Å². The zero-order valence-corrected chi connectivity index (χ0v) is 19.4. The minimum absolute atomic E-state index is 0.0327. The van der Waals surface area contributed by atoms with Crippen molar-refractivity contribution in [1.82, 2.24) is 5.32 Å². The first-order valence-electron chi connectivity index (χ1n) is 12.3. The molecule has 0 bridgehead atoms. The van der Waals surface area contributed by atoms with Crippen molar-refractivity contribution in [3.63, 3.8) is 0 Å². The molecule has 34 heavy (non-hydrogen) atoms. The van der Waals surface area contributed by atoms with Crippen molar-refractivity contribution in [3.8, 4) is 5.75 Å². The molecule has 174 valence electrons. The van der Waals surface area contributed by atoms with E-state index in [4.69, 9.17) is 9.47 Å². The van der Waals surface area contributed by atoms with Crippen molar-refractivity contribution in [3.05, 3.63) is 83.4 Å². The highest BCUT2D eigenvalue weighted by atomic mass is 16.5. The van der Waals surface area contributed by atoms with Gasteiger partial charge in [0.25, 0.3) is 5.91 Å². The number of nitrogens with one attached hydrogen (secondary N) is 2. The lowest BCUT2D eigenvalue weighted by molar-refractivity contribution is 0.0857. The molecule has 0 saturated carbocycles. The van der Waals surface area contributed by atoms with Crippen LogP contribution in [0.1, 0.15) is 52.7 Å². The van der Waals surface area contributed by atoms with Crippen LogP contribution in [0.25, 0.3) is 10.8 Å². The van der Waals surface area contributed by atoms with Crippen LogP contribution in [0.15, 0.2) is 66.7 Å². The van der Waals surface area contributed by atoms with E-state index >= 15 is 0 Å². The molecule has 0 radical (unpaired) electrons. The molecule has 3 aromatic rings. The van der Waals surface area contributed by atoms with E-state index in [1.807, 2.05) is 6.07 Å². The molecule has 0 spiro atoms. The summed E-state index contributed by atoms with van der Waals surface area (Å²) in [4.78, 5) is 12.9. The van der Waals surface area contributed by atoms with Crippen LogP contribution in [0.5, 0.6) is 5.75 Å². The molecular weight excluding hydrogens is 424 g/mol. The van der Waals surface area contributed by atoms with Gasteiger partial charge in [0, 0.05) is 35.9 Å². The first kappa shape index (κ1) is 21.2. The predicted molar refractivity (Wildman–Crippen MR) is 135 cm³/mol. The molecule has 4 unspecified atom stereocenters. The maximum absolute atomic E-state index is 12.9. The third kappa shape index (κ3) is 3.64. The van der Waals surface area contributed by atoms with Crippen LogP contribution in [0, 0.1) is 5.92 Å². The fraction of sp³-hybridized carbons (Fsp3) is 0.345. The quantitative estimate of drug-likeness (QED) is 0.494. The number of anilines is 1. The van der Waals surface area contributed by atoms with Crippen molar-refractivity contribution in [2.24, 2.45) is 5.92 Å². The molecule has 5 nitrogen and oxygen atoms in total. The van der Waals surface area contributed by atoms with Crippen LogP contribution in [0.2, 0.25) is 0 Å². The first-order valence-corrected chi connectivity index (χ1v) is 12.3. The second-order valence-corrected chi connectivity index (χ2v) is 9.53. The van der Waals surface area contributed by atoms with Crippen LogP contribution in [-0.2, 0) is 4.74 Å². The van der Waals surface area contributed by atoms with Gasteiger partial charge in [-0.25, -0.2) is 0 Å². The normalized spacial score (nSPS) is 25.0. The Morgan fingerprint density at radius 3 is 2.94 bits per heavy atom. The van der Waals surface area contributed by atoms with Crippen LogP contribution >= 0.6 is 0 Å². The number of carbonyl (C=O) groups is 1. The maximum atomic E-state index is 12.9. The Labute approximate surface area is 200 Å². The summed E-state index contributed by atoms with van der Waals surface area (Å²) in [6, 6.07) is 18.9. The Balaban J connectivity index is 1.34. The van der Waals surface area contributed by atoms with Gasteiger partial charge < -0.3 is 20.1 Å². The number of hydrogen-bond acceptors (Lipinski definition) is 4. The molecule has 6 rings (SSSR count). The average Bonchev–Trinajstić information content (AvgIpc) is 3.58. The molecular formula is C29H30N2O3. The third-order valence-electron chi connectivity index (χ3n) is 7.60. The van der Waals surface area contributed by atoms with Gasteiger partial charge in [0.05, 0.1) is 19.3 Å². The molecule has 2 aliphatic heterocycles. The van der Waals surface area contributed by atoms with Gasteiger partial charge in [0.1, 0.15) is 5.75 Å². The minimum atomic E-state index is -0.0327. The summed E-state index contributed by atoms with van der Waals surface area (Å²) in [6.07, 6.45) is 7.81. The molecule has 2 heterocycles. The summed E-state index contributed by atoms with van der Waals surface area (Å²) in [5.74, 6) is 1.50. The molecule has 4 atom stereocenters. The van der Waals surface area contributed by atoms with Gasteiger partial charge in [0.2, 0.25) is 0 Å². The Morgan fingerprint density at radius 2 is 2.09 bits per heavy atom. The summed E-state index contributed by atoms with van der Waals surface area (Å²) < 4.78 is 11.5. The number of rotatable bonds is 5. The highest BCUT2D eigenvalue weighted by Crippen LogP contribution is 2.52. The minimum Gasteiger partial charge on any atom is -0.496 e. The zero-order chi connectivity index (χ0) is 23.1. The van der Waals surface area contributed by atoms with Crippen molar-refractivity contribution in [1.29, 1.82) is 0 Å². The number of fused-ring (bicyclic) bond motifs is 4. The zero-order valence-electron chi connectivity index (χ0n) is 19.4. The Kier molecular flexibility index (Phi) is 5.50. The molecule has 1 saturated heterocycles. The molecule has 1 amide bonds. The average molecular weight is 455 g/mol. The predicted octanol–water partition coefficient (Wildman–Crippen LogP) is 5.58. The molecule has 1 aliphatic carbocycles.